The number of rotatable bonds is 2. The van der Waals surface area contributed by atoms with Crippen LogP contribution < -0.4 is 9.47 Å². The van der Waals surface area contributed by atoms with Crippen molar-refractivity contribution >= 4 is 11.6 Å². The second-order valence-corrected chi connectivity index (χ2v) is 9.24. The van der Waals surface area contributed by atoms with E-state index in [-0.39, 0.29) is 0 Å². The molecule has 0 amide bonds. The van der Waals surface area contributed by atoms with Gasteiger partial charge in [0.2, 0.25) is 0 Å². The number of halogens is 1. The highest BCUT2D eigenvalue weighted by Gasteiger charge is 2.46. The third-order valence-electron chi connectivity index (χ3n) is 6.83. The monoisotopic (exact) mass is 474 g/mol. The highest BCUT2D eigenvalue weighted by Crippen LogP contribution is 2.57. The van der Waals surface area contributed by atoms with Gasteiger partial charge in [-0.05, 0) is 58.7 Å². The summed E-state index contributed by atoms with van der Waals surface area (Å²) in [5.74, 6) is 2.49. The van der Waals surface area contributed by atoms with Crippen LogP contribution in [0.25, 0.3) is 22.3 Å². The van der Waals surface area contributed by atoms with Crippen LogP contribution in [0.2, 0.25) is 5.02 Å². The van der Waals surface area contributed by atoms with E-state index in [9.17, 15) is 5.11 Å². The first-order chi connectivity index (χ1) is 17.1. The van der Waals surface area contributed by atoms with Crippen molar-refractivity contribution in [2.45, 2.75) is 5.60 Å². The molecule has 0 saturated carbocycles. The standard InChI is InChI=1S/C31H19ClO3/c32-20-14-15-22-23-17-29-30(35-28-13-7-6-12-27(28)34-29)18-26(23)31(33,25(22)16-20)24-11-5-4-10-21(24)19-8-2-1-3-9-19/h1-18,33H. The van der Waals surface area contributed by atoms with Gasteiger partial charge in [0, 0.05) is 21.7 Å². The Hall–Kier alpha value is -4.05. The molecule has 5 aromatic rings. The van der Waals surface area contributed by atoms with E-state index >= 15 is 0 Å². The van der Waals surface area contributed by atoms with E-state index in [2.05, 4.69) is 12.1 Å². The summed E-state index contributed by atoms with van der Waals surface area (Å²) in [6.45, 7) is 0. The maximum absolute atomic E-state index is 12.7. The molecule has 2 aliphatic rings. The van der Waals surface area contributed by atoms with E-state index in [1.807, 2.05) is 97.1 Å². The first kappa shape index (κ1) is 20.3. The average Bonchev–Trinajstić information content (AvgIpc) is 3.14. The van der Waals surface area contributed by atoms with E-state index in [4.69, 9.17) is 21.1 Å². The van der Waals surface area contributed by atoms with E-state index in [0.717, 1.165) is 38.9 Å². The number of hydrogen-bond acceptors (Lipinski definition) is 3. The Balaban J connectivity index is 1.50. The Morgan fingerprint density at radius 3 is 1.91 bits per heavy atom. The maximum atomic E-state index is 12.7. The first-order valence-corrected chi connectivity index (χ1v) is 11.8. The van der Waals surface area contributed by atoms with Crippen molar-refractivity contribution in [3.63, 3.8) is 0 Å². The highest BCUT2D eigenvalue weighted by atomic mass is 35.5. The van der Waals surface area contributed by atoms with Crippen molar-refractivity contribution in [2.24, 2.45) is 0 Å². The second-order valence-electron chi connectivity index (χ2n) is 8.81. The van der Waals surface area contributed by atoms with E-state index in [1.54, 1.807) is 0 Å². The minimum Gasteiger partial charge on any atom is -0.449 e. The van der Waals surface area contributed by atoms with Crippen LogP contribution >= 0.6 is 11.6 Å². The molecular weight excluding hydrogens is 456 g/mol. The maximum Gasteiger partial charge on any atom is 0.170 e. The number of aliphatic hydroxyl groups is 1. The fourth-order valence-corrected chi connectivity index (χ4v) is 5.42. The van der Waals surface area contributed by atoms with Crippen molar-refractivity contribution < 1.29 is 14.6 Å². The normalized spacial score (nSPS) is 16.9. The molecule has 3 nitrogen and oxygen atoms in total. The number of benzene rings is 5. The van der Waals surface area contributed by atoms with Gasteiger partial charge in [0.1, 0.15) is 5.60 Å². The van der Waals surface area contributed by atoms with Gasteiger partial charge in [-0.3, -0.25) is 0 Å². The molecule has 1 heterocycles. The minimum absolute atomic E-state index is 0.567. The molecule has 0 radical (unpaired) electrons. The van der Waals surface area contributed by atoms with Gasteiger partial charge >= 0.3 is 0 Å². The first-order valence-electron chi connectivity index (χ1n) is 11.4. The topological polar surface area (TPSA) is 38.7 Å². The molecule has 1 aliphatic heterocycles. The van der Waals surface area contributed by atoms with Crippen LogP contribution in [0.5, 0.6) is 23.0 Å². The van der Waals surface area contributed by atoms with Crippen molar-refractivity contribution in [1.82, 2.24) is 0 Å². The molecule has 35 heavy (non-hydrogen) atoms. The van der Waals surface area contributed by atoms with Crippen molar-refractivity contribution in [2.75, 3.05) is 0 Å². The van der Waals surface area contributed by atoms with Gasteiger partial charge in [-0.2, -0.15) is 0 Å². The van der Waals surface area contributed by atoms with Gasteiger partial charge < -0.3 is 14.6 Å². The molecule has 1 N–H and O–H groups in total. The van der Waals surface area contributed by atoms with Crippen molar-refractivity contribution in [1.29, 1.82) is 0 Å². The zero-order chi connectivity index (χ0) is 23.6. The summed E-state index contributed by atoms with van der Waals surface area (Å²) >= 11 is 6.47. The average molecular weight is 475 g/mol. The fourth-order valence-electron chi connectivity index (χ4n) is 5.25. The predicted octanol–water partition coefficient (Wildman–Crippen LogP) is 8.17. The number of hydrogen-bond donors (Lipinski definition) is 1. The van der Waals surface area contributed by atoms with Crippen LogP contribution in [0.15, 0.2) is 109 Å². The van der Waals surface area contributed by atoms with Crippen LogP contribution in [0.4, 0.5) is 0 Å². The molecule has 5 aromatic carbocycles. The van der Waals surface area contributed by atoms with Gasteiger partial charge in [0.15, 0.2) is 23.0 Å². The summed E-state index contributed by atoms with van der Waals surface area (Å²) < 4.78 is 12.4. The lowest BCUT2D eigenvalue weighted by molar-refractivity contribution is 0.131. The Labute approximate surface area is 207 Å². The zero-order valence-corrected chi connectivity index (χ0v) is 19.3. The van der Waals surface area contributed by atoms with E-state index in [1.165, 1.54) is 0 Å². The Morgan fingerprint density at radius 1 is 0.514 bits per heavy atom. The quantitative estimate of drug-likeness (QED) is 0.275. The van der Waals surface area contributed by atoms with Crippen LogP contribution in [0.3, 0.4) is 0 Å². The predicted molar refractivity (Wildman–Crippen MR) is 137 cm³/mol. The molecule has 4 heteroatoms. The van der Waals surface area contributed by atoms with Gasteiger partial charge in [0.05, 0.1) is 0 Å². The summed E-state index contributed by atoms with van der Waals surface area (Å²) in [7, 11) is 0. The Bertz CT molecular complexity index is 1630. The third kappa shape index (κ3) is 2.96. The second kappa shape index (κ2) is 7.47. The van der Waals surface area contributed by atoms with Gasteiger partial charge in [-0.25, -0.2) is 0 Å². The molecule has 1 atom stereocenters. The smallest absolute Gasteiger partial charge is 0.170 e. The van der Waals surface area contributed by atoms with Crippen molar-refractivity contribution in [3.8, 4) is 45.3 Å². The molecule has 0 aromatic heterocycles. The van der Waals surface area contributed by atoms with Gasteiger partial charge in [0.25, 0.3) is 0 Å². The van der Waals surface area contributed by atoms with Crippen LogP contribution in [0.1, 0.15) is 16.7 Å². The summed E-state index contributed by atoms with van der Waals surface area (Å²) in [5, 5.41) is 13.2. The molecule has 0 spiro atoms. The molecular formula is C31H19ClO3. The SMILES string of the molecule is OC1(c2ccccc2-c2ccccc2)c2cc(Cl)ccc2-c2cc3c(cc21)Oc1ccccc1O3. The minimum atomic E-state index is -1.43. The van der Waals surface area contributed by atoms with E-state index in [0.29, 0.717) is 28.0 Å². The van der Waals surface area contributed by atoms with Crippen LogP contribution in [-0.2, 0) is 5.60 Å². The molecule has 1 unspecified atom stereocenters. The molecule has 168 valence electrons. The van der Waals surface area contributed by atoms with Gasteiger partial charge in [-0.1, -0.05) is 84.4 Å². The Morgan fingerprint density at radius 2 is 1.14 bits per heavy atom. The molecule has 0 bridgehead atoms. The number of fused-ring (bicyclic) bond motifs is 5. The molecule has 7 rings (SSSR count). The summed E-state index contributed by atoms with van der Waals surface area (Å²) in [5.41, 5.74) is 4.62. The molecule has 0 fully saturated rings. The zero-order valence-electron chi connectivity index (χ0n) is 18.5. The largest absolute Gasteiger partial charge is 0.449 e. The third-order valence-corrected chi connectivity index (χ3v) is 7.06. The van der Waals surface area contributed by atoms with E-state index < -0.39 is 5.60 Å². The molecule has 0 saturated heterocycles. The van der Waals surface area contributed by atoms with Crippen LogP contribution in [-0.4, -0.2) is 5.11 Å². The highest BCUT2D eigenvalue weighted by molar-refractivity contribution is 6.30. The van der Waals surface area contributed by atoms with Crippen molar-refractivity contribution in [3.05, 3.63) is 131 Å². The lowest BCUT2D eigenvalue weighted by Gasteiger charge is -2.30. The number of ether oxygens (including phenoxy) is 2. The number of para-hydroxylation sites is 2. The lowest BCUT2D eigenvalue weighted by atomic mass is 9.80. The fraction of sp³-hybridized carbons (Fsp3) is 0.0323. The molecule has 1 aliphatic carbocycles. The van der Waals surface area contributed by atoms with Gasteiger partial charge in [-0.15, -0.1) is 0 Å². The van der Waals surface area contributed by atoms with Crippen LogP contribution in [0, 0.1) is 0 Å². The summed E-state index contributed by atoms with van der Waals surface area (Å²) in [6, 6.07) is 35.2. The summed E-state index contributed by atoms with van der Waals surface area (Å²) in [4.78, 5) is 0. The summed E-state index contributed by atoms with van der Waals surface area (Å²) in [6.07, 6.45) is 0. The Kier molecular flexibility index (Phi) is 4.34. The lowest BCUT2D eigenvalue weighted by Crippen LogP contribution is -2.27.